The summed E-state index contributed by atoms with van der Waals surface area (Å²) in [7, 11) is 0. The van der Waals surface area contributed by atoms with E-state index in [2.05, 4.69) is 38.3 Å². The Morgan fingerprint density at radius 1 is 1.32 bits per heavy atom. The molecular formula is C12H10ClIN4O. The average Bonchev–Trinajstić information content (AvgIpc) is 2.41. The maximum Gasteiger partial charge on any atom is 0.257 e. The highest BCUT2D eigenvalue weighted by Crippen LogP contribution is 2.23. The number of pyridine rings is 1. The minimum Gasteiger partial charge on any atom is -0.322 e. The van der Waals surface area contributed by atoms with Gasteiger partial charge in [0.15, 0.2) is 0 Å². The van der Waals surface area contributed by atoms with Crippen molar-refractivity contribution in [3.63, 3.8) is 0 Å². The van der Waals surface area contributed by atoms with Crippen LogP contribution in [-0.4, -0.2) is 10.9 Å². The van der Waals surface area contributed by atoms with Crippen LogP contribution in [0.25, 0.3) is 0 Å². The minimum atomic E-state index is -0.268. The normalized spacial score (nSPS) is 10.1. The molecule has 1 amide bonds. The summed E-state index contributed by atoms with van der Waals surface area (Å²) in [6, 6.07) is 6.83. The van der Waals surface area contributed by atoms with Crippen molar-refractivity contribution < 1.29 is 4.79 Å². The zero-order valence-corrected chi connectivity index (χ0v) is 12.6. The Bertz CT molecular complexity index is 620. The molecule has 1 aromatic heterocycles. The fourth-order valence-corrected chi connectivity index (χ4v) is 2.49. The van der Waals surface area contributed by atoms with Crippen molar-refractivity contribution in [1.82, 2.24) is 4.98 Å². The molecule has 0 saturated heterocycles. The minimum absolute atomic E-state index is 0.268. The van der Waals surface area contributed by atoms with E-state index >= 15 is 0 Å². The SMILES string of the molecule is NNc1cnccc1C(=O)Nc1ccc(Cl)cc1I. The van der Waals surface area contributed by atoms with Crippen LogP contribution in [0.3, 0.4) is 0 Å². The highest BCUT2D eigenvalue weighted by atomic mass is 127. The monoisotopic (exact) mass is 388 g/mol. The summed E-state index contributed by atoms with van der Waals surface area (Å²) < 4.78 is 0.856. The maximum absolute atomic E-state index is 12.2. The summed E-state index contributed by atoms with van der Waals surface area (Å²) in [6.07, 6.45) is 3.02. The summed E-state index contributed by atoms with van der Waals surface area (Å²) in [5.74, 6) is 5.07. The lowest BCUT2D eigenvalue weighted by atomic mass is 10.2. The van der Waals surface area contributed by atoms with Gasteiger partial charge in [0.05, 0.1) is 23.1 Å². The number of hydrogen-bond donors (Lipinski definition) is 3. The van der Waals surface area contributed by atoms with Crippen molar-refractivity contribution in [3.05, 3.63) is 50.8 Å². The topological polar surface area (TPSA) is 80.0 Å². The van der Waals surface area contributed by atoms with Crippen LogP contribution in [0.4, 0.5) is 11.4 Å². The van der Waals surface area contributed by atoms with Gasteiger partial charge < -0.3 is 10.7 Å². The maximum atomic E-state index is 12.2. The average molecular weight is 389 g/mol. The summed E-state index contributed by atoms with van der Waals surface area (Å²) in [6.45, 7) is 0. The Labute approximate surface area is 128 Å². The number of aromatic nitrogens is 1. The van der Waals surface area contributed by atoms with Crippen molar-refractivity contribution in [2.45, 2.75) is 0 Å². The number of nitrogens with one attached hydrogen (secondary N) is 2. The third-order valence-corrected chi connectivity index (χ3v) is 3.53. The van der Waals surface area contributed by atoms with Gasteiger partial charge in [0.25, 0.3) is 5.91 Å². The van der Waals surface area contributed by atoms with Gasteiger partial charge in [-0.1, -0.05) is 11.6 Å². The second-order valence-corrected chi connectivity index (χ2v) is 5.24. The Kier molecular flexibility index (Phi) is 4.56. The molecule has 0 aliphatic rings. The number of carbonyl (C=O) groups excluding carboxylic acids is 1. The molecule has 0 aliphatic carbocycles. The largest absolute Gasteiger partial charge is 0.322 e. The van der Waals surface area contributed by atoms with Crippen molar-refractivity contribution in [2.24, 2.45) is 5.84 Å². The molecule has 0 unspecified atom stereocenters. The Morgan fingerprint density at radius 3 is 2.79 bits per heavy atom. The van der Waals surface area contributed by atoms with Crippen LogP contribution < -0.4 is 16.6 Å². The molecule has 98 valence electrons. The van der Waals surface area contributed by atoms with Crippen LogP contribution in [0.2, 0.25) is 5.02 Å². The molecule has 0 atom stereocenters. The first kappa shape index (κ1) is 14.0. The number of amides is 1. The summed E-state index contributed by atoms with van der Waals surface area (Å²) in [4.78, 5) is 16.1. The van der Waals surface area contributed by atoms with E-state index in [1.54, 1.807) is 24.3 Å². The number of rotatable bonds is 3. The van der Waals surface area contributed by atoms with E-state index < -0.39 is 0 Å². The Hall–Kier alpha value is -1.38. The number of carbonyl (C=O) groups is 1. The second-order valence-electron chi connectivity index (χ2n) is 3.64. The van der Waals surface area contributed by atoms with Gasteiger partial charge in [-0.3, -0.25) is 15.6 Å². The first-order chi connectivity index (χ1) is 9.11. The van der Waals surface area contributed by atoms with Crippen molar-refractivity contribution in [1.29, 1.82) is 0 Å². The fraction of sp³-hybridized carbons (Fsp3) is 0. The zero-order valence-electron chi connectivity index (χ0n) is 9.65. The zero-order chi connectivity index (χ0) is 13.8. The van der Waals surface area contributed by atoms with Gasteiger partial charge in [-0.25, -0.2) is 0 Å². The van der Waals surface area contributed by atoms with Crippen LogP contribution >= 0.6 is 34.2 Å². The summed E-state index contributed by atoms with van der Waals surface area (Å²) >= 11 is 7.97. The summed E-state index contributed by atoms with van der Waals surface area (Å²) in [5.41, 5.74) is 4.01. The number of nitrogen functional groups attached to an aromatic ring is 1. The van der Waals surface area contributed by atoms with E-state index in [1.807, 2.05) is 0 Å². The molecule has 0 saturated carbocycles. The number of benzene rings is 1. The predicted molar refractivity (Wildman–Crippen MR) is 84.2 cm³/mol. The van der Waals surface area contributed by atoms with Crippen molar-refractivity contribution >= 4 is 51.5 Å². The van der Waals surface area contributed by atoms with E-state index in [1.165, 1.54) is 12.4 Å². The van der Waals surface area contributed by atoms with E-state index in [0.29, 0.717) is 22.0 Å². The van der Waals surface area contributed by atoms with E-state index in [0.717, 1.165) is 3.57 Å². The lowest BCUT2D eigenvalue weighted by Crippen LogP contribution is -2.17. The molecule has 2 rings (SSSR count). The first-order valence-corrected chi connectivity index (χ1v) is 6.74. The van der Waals surface area contributed by atoms with Crippen LogP contribution in [0.5, 0.6) is 0 Å². The van der Waals surface area contributed by atoms with Crippen LogP contribution in [-0.2, 0) is 0 Å². The molecule has 19 heavy (non-hydrogen) atoms. The fourth-order valence-electron chi connectivity index (χ4n) is 1.49. The smallest absolute Gasteiger partial charge is 0.257 e. The van der Waals surface area contributed by atoms with E-state index in [4.69, 9.17) is 17.4 Å². The number of halogens is 2. The van der Waals surface area contributed by atoms with Gasteiger partial charge in [-0.05, 0) is 46.9 Å². The van der Waals surface area contributed by atoms with Gasteiger partial charge >= 0.3 is 0 Å². The van der Waals surface area contributed by atoms with Crippen LogP contribution in [0.15, 0.2) is 36.7 Å². The summed E-state index contributed by atoms with van der Waals surface area (Å²) in [5, 5.41) is 3.42. The van der Waals surface area contributed by atoms with Gasteiger partial charge in [-0.15, -0.1) is 0 Å². The van der Waals surface area contributed by atoms with Gasteiger partial charge in [0.2, 0.25) is 0 Å². The molecule has 0 aliphatic heterocycles. The second kappa shape index (κ2) is 6.18. The third-order valence-electron chi connectivity index (χ3n) is 2.40. The molecule has 0 fully saturated rings. The van der Waals surface area contributed by atoms with Crippen molar-refractivity contribution in [2.75, 3.05) is 10.7 Å². The molecule has 0 spiro atoms. The number of hydrazine groups is 1. The van der Waals surface area contributed by atoms with Gasteiger partial charge in [-0.2, -0.15) is 0 Å². The molecule has 5 nitrogen and oxygen atoms in total. The highest BCUT2D eigenvalue weighted by Gasteiger charge is 2.12. The molecule has 0 radical (unpaired) electrons. The lowest BCUT2D eigenvalue weighted by Gasteiger charge is -2.10. The molecule has 2 aromatic rings. The number of hydrogen-bond acceptors (Lipinski definition) is 4. The standard InChI is InChI=1S/C12H10ClIN4O/c13-7-1-2-10(9(14)5-7)17-12(19)8-3-4-16-6-11(8)18-15/h1-6,18H,15H2,(H,17,19). The molecular weight excluding hydrogens is 379 g/mol. The van der Waals surface area contributed by atoms with Crippen molar-refractivity contribution in [3.8, 4) is 0 Å². The molecule has 7 heteroatoms. The first-order valence-electron chi connectivity index (χ1n) is 5.29. The quantitative estimate of drug-likeness (QED) is 0.429. The van der Waals surface area contributed by atoms with Crippen LogP contribution in [0, 0.1) is 3.57 Å². The Morgan fingerprint density at radius 2 is 2.11 bits per heavy atom. The van der Waals surface area contributed by atoms with Gasteiger partial charge in [0, 0.05) is 14.8 Å². The number of anilines is 2. The predicted octanol–water partition coefficient (Wildman–Crippen LogP) is 2.88. The van der Waals surface area contributed by atoms with Crippen LogP contribution in [0.1, 0.15) is 10.4 Å². The van der Waals surface area contributed by atoms with E-state index in [-0.39, 0.29) is 5.91 Å². The third kappa shape index (κ3) is 3.34. The lowest BCUT2D eigenvalue weighted by molar-refractivity contribution is 0.102. The van der Waals surface area contributed by atoms with Gasteiger partial charge in [0.1, 0.15) is 0 Å². The highest BCUT2D eigenvalue weighted by molar-refractivity contribution is 14.1. The molecule has 0 bridgehead atoms. The molecule has 1 heterocycles. The molecule has 1 aromatic carbocycles. The Balaban J connectivity index is 2.26. The molecule has 4 N–H and O–H groups in total. The number of nitrogens with zero attached hydrogens (tertiary/aromatic N) is 1. The number of nitrogens with two attached hydrogens (primary N) is 1. The van der Waals surface area contributed by atoms with E-state index in [9.17, 15) is 4.79 Å².